The lowest BCUT2D eigenvalue weighted by Gasteiger charge is -2.12. The topological polar surface area (TPSA) is 126 Å². The van der Waals surface area contributed by atoms with Crippen LogP contribution >= 0.6 is 0 Å². The van der Waals surface area contributed by atoms with Crippen LogP contribution in [0.4, 0.5) is 5.82 Å². The highest BCUT2D eigenvalue weighted by atomic mass is 16.5. The molecule has 12 nitrogen and oxygen atoms in total. The van der Waals surface area contributed by atoms with Gasteiger partial charge in [-0.1, -0.05) is 30.3 Å². The summed E-state index contributed by atoms with van der Waals surface area (Å²) < 4.78 is 10.8. The molecule has 0 saturated carbocycles. The summed E-state index contributed by atoms with van der Waals surface area (Å²) in [5, 5.41) is 24.8. The van der Waals surface area contributed by atoms with E-state index < -0.39 is 0 Å². The summed E-state index contributed by atoms with van der Waals surface area (Å²) in [7, 11) is 1.63. The van der Waals surface area contributed by atoms with Crippen molar-refractivity contribution in [2.75, 3.05) is 12.4 Å². The van der Waals surface area contributed by atoms with Crippen molar-refractivity contribution in [3.05, 3.63) is 96.0 Å². The van der Waals surface area contributed by atoms with Crippen LogP contribution < -0.4 is 10.1 Å². The van der Waals surface area contributed by atoms with Gasteiger partial charge in [0.2, 0.25) is 0 Å². The van der Waals surface area contributed by atoms with E-state index in [9.17, 15) is 0 Å². The molecule has 1 N–H and O–H groups in total. The van der Waals surface area contributed by atoms with Crippen LogP contribution in [0.1, 0.15) is 22.3 Å². The monoisotopic (exact) mass is 507 g/mol. The second-order valence-corrected chi connectivity index (χ2v) is 8.92. The summed E-state index contributed by atoms with van der Waals surface area (Å²) in [4.78, 5) is 8.83. The zero-order valence-corrected chi connectivity index (χ0v) is 20.9. The highest BCUT2D eigenvalue weighted by Gasteiger charge is 2.12. The third-order valence-corrected chi connectivity index (χ3v) is 6.17. The van der Waals surface area contributed by atoms with Crippen molar-refractivity contribution in [3.8, 4) is 11.4 Å². The number of tetrazole rings is 1. The molecule has 0 bridgehead atoms. The van der Waals surface area contributed by atoms with Crippen molar-refractivity contribution >= 4 is 16.9 Å². The fourth-order valence-corrected chi connectivity index (χ4v) is 4.27. The van der Waals surface area contributed by atoms with Crippen molar-refractivity contribution in [2.24, 2.45) is 0 Å². The van der Waals surface area contributed by atoms with Crippen LogP contribution in [0, 0.1) is 6.92 Å². The number of aromatic nitrogens is 10. The predicted molar refractivity (Wildman–Crippen MR) is 140 cm³/mol. The van der Waals surface area contributed by atoms with Gasteiger partial charge in [-0.25, -0.2) is 14.6 Å². The molecule has 0 spiro atoms. The molecule has 38 heavy (non-hydrogen) atoms. The Morgan fingerprint density at radius 2 is 1.76 bits per heavy atom. The lowest BCUT2D eigenvalue weighted by Crippen LogP contribution is -2.07. The average molecular weight is 508 g/mol. The second-order valence-electron chi connectivity index (χ2n) is 8.92. The van der Waals surface area contributed by atoms with Gasteiger partial charge < -0.3 is 10.1 Å². The Bertz CT molecular complexity index is 1670. The van der Waals surface area contributed by atoms with E-state index in [1.165, 1.54) is 11.9 Å². The van der Waals surface area contributed by atoms with Crippen LogP contribution in [0.5, 0.6) is 5.75 Å². The maximum Gasteiger partial charge on any atom is 0.186 e. The molecule has 0 atom stereocenters. The Kier molecular flexibility index (Phi) is 6.18. The van der Waals surface area contributed by atoms with Crippen LogP contribution in [-0.4, -0.2) is 56.8 Å². The quantitative estimate of drug-likeness (QED) is 0.314. The standard InChI is InChI=1S/C26H25N11O/c1-18-10-31-35(12-18)13-19-3-5-20(6-4-19)14-36-15-23-25(28-16-29-26(23)32-36)27-11-21-7-8-22(38-2)9-24(21)37-17-30-33-34-37/h3-10,12,15-17H,11,13-14H2,1-2H3,(H,27,28,29,32). The number of rotatable bonds is 9. The largest absolute Gasteiger partial charge is 0.497 e. The maximum absolute atomic E-state index is 5.38. The van der Waals surface area contributed by atoms with Gasteiger partial charge in [-0.15, -0.1) is 5.10 Å². The second kappa shape index (κ2) is 10.1. The first kappa shape index (κ1) is 23.3. The van der Waals surface area contributed by atoms with E-state index in [2.05, 4.69) is 65.3 Å². The molecule has 12 heteroatoms. The van der Waals surface area contributed by atoms with Crippen LogP contribution in [0.25, 0.3) is 16.7 Å². The Balaban J connectivity index is 1.18. The van der Waals surface area contributed by atoms with Crippen molar-refractivity contribution in [3.63, 3.8) is 0 Å². The number of aryl methyl sites for hydroxylation is 1. The van der Waals surface area contributed by atoms with Crippen molar-refractivity contribution in [1.82, 2.24) is 49.7 Å². The summed E-state index contributed by atoms with van der Waals surface area (Å²) in [6.07, 6.45) is 8.94. The van der Waals surface area contributed by atoms with Crippen LogP contribution in [0.15, 0.2) is 73.7 Å². The number of anilines is 1. The van der Waals surface area contributed by atoms with Gasteiger partial charge in [0, 0.05) is 25.0 Å². The lowest BCUT2D eigenvalue weighted by atomic mass is 10.1. The molecule has 6 rings (SSSR count). The molecular formula is C26H25N11O. The first-order valence-corrected chi connectivity index (χ1v) is 12.0. The Morgan fingerprint density at radius 3 is 2.47 bits per heavy atom. The van der Waals surface area contributed by atoms with E-state index in [1.807, 2.05) is 53.1 Å². The van der Waals surface area contributed by atoms with Crippen LogP contribution in [0.2, 0.25) is 0 Å². The van der Waals surface area contributed by atoms with Gasteiger partial charge >= 0.3 is 0 Å². The molecule has 190 valence electrons. The molecule has 4 aromatic heterocycles. The Morgan fingerprint density at radius 1 is 0.947 bits per heavy atom. The zero-order chi connectivity index (χ0) is 25.9. The van der Waals surface area contributed by atoms with Crippen molar-refractivity contribution in [2.45, 2.75) is 26.6 Å². The minimum Gasteiger partial charge on any atom is -0.497 e. The van der Waals surface area contributed by atoms with E-state index in [4.69, 9.17) is 4.74 Å². The van der Waals surface area contributed by atoms with Crippen LogP contribution in [0.3, 0.4) is 0 Å². The molecule has 0 radical (unpaired) electrons. The molecular weight excluding hydrogens is 482 g/mol. The molecule has 0 saturated heterocycles. The van der Waals surface area contributed by atoms with Crippen LogP contribution in [-0.2, 0) is 19.6 Å². The van der Waals surface area contributed by atoms with E-state index in [0.717, 1.165) is 40.1 Å². The Hall–Kier alpha value is -5.13. The summed E-state index contributed by atoms with van der Waals surface area (Å²) >= 11 is 0. The van der Waals surface area contributed by atoms with Gasteiger partial charge in [-0.3, -0.25) is 9.36 Å². The first-order valence-electron chi connectivity index (χ1n) is 12.0. The van der Waals surface area contributed by atoms with Gasteiger partial charge in [0.1, 0.15) is 24.2 Å². The highest BCUT2D eigenvalue weighted by molar-refractivity contribution is 5.85. The molecule has 0 aliphatic heterocycles. The maximum atomic E-state index is 5.38. The van der Waals surface area contributed by atoms with Gasteiger partial charge in [0.15, 0.2) is 5.65 Å². The summed E-state index contributed by atoms with van der Waals surface area (Å²) in [5.41, 5.74) is 5.91. The van der Waals surface area contributed by atoms with E-state index in [1.54, 1.807) is 18.1 Å². The summed E-state index contributed by atoms with van der Waals surface area (Å²) in [6, 6.07) is 14.3. The van der Waals surface area contributed by atoms with Crippen molar-refractivity contribution in [1.29, 1.82) is 0 Å². The average Bonchev–Trinajstić information content (AvgIpc) is 3.70. The third-order valence-electron chi connectivity index (χ3n) is 6.17. The smallest absolute Gasteiger partial charge is 0.186 e. The molecule has 0 fully saturated rings. The predicted octanol–water partition coefficient (Wildman–Crippen LogP) is 3.02. The first-order chi connectivity index (χ1) is 18.6. The zero-order valence-electron chi connectivity index (χ0n) is 20.9. The highest BCUT2D eigenvalue weighted by Crippen LogP contribution is 2.24. The van der Waals surface area contributed by atoms with E-state index in [0.29, 0.717) is 24.6 Å². The fraction of sp³-hybridized carbons (Fsp3) is 0.192. The lowest BCUT2D eigenvalue weighted by molar-refractivity contribution is 0.414. The normalized spacial score (nSPS) is 11.2. The minimum absolute atomic E-state index is 0.494. The molecule has 0 unspecified atom stereocenters. The number of ether oxygens (including phenoxy) is 1. The molecule has 0 amide bonds. The molecule has 0 aliphatic carbocycles. The summed E-state index contributed by atoms with van der Waals surface area (Å²) in [5.74, 6) is 1.42. The van der Waals surface area contributed by atoms with Gasteiger partial charge in [0.25, 0.3) is 0 Å². The Labute approximate surface area is 217 Å². The SMILES string of the molecule is COc1ccc(CNc2ncnc3nn(Cc4ccc(Cn5cc(C)cn5)cc4)cc23)c(-n2cnnn2)c1. The van der Waals surface area contributed by atoms with E-state index >= 15 is 0 Å². The third kappa shape index (κ3) is 4.91. The minimum atomic E-state index is 0.494. The van der Waals surface area contributed by atoms with Gasteiger partial charge in [-0.05, 0) is 45.7 Å². The summed E-state index contributed by atoms with van der Waals surface area (Å²) in [6.45, 7) is 3.90. The number of hydrogen-bond acceptors (Lipinski definition) is 9. The number of fused-ring (bicyclic) bond motifs is 1. The number of methoxy groups -OCH3 is 1. The number of hydrogen-bond donors (Lipinski definition) is 1. The number of nitrogens with one attached hydrogen (secondary N) is 1. The van der Waals surface area contributed by atoms with E-state index in [-0.39, 0.29) is 0 Å². The number of nitrogens with zero attached hydrogens (tertiary/aromatic N) is 10. The molecule has 2 aromatic carbocycles. The fourth-order valence-electron chi connectivity index (χ4n) is 4.27. The molecule has 6 aromatic rings. The molecule has 4 heterocycles. The van der Waals surface area contributed by atoms with Gasteiger partial charge in [0.05, 0.1) is 37.5 Å². The van der Waals surface area contributed by atoms with Crippen molar-refractivity contribution < 1.29 is 4.74 Å². The number of benzene rings is 2. The van der Waals surface area contributed by atoms with Gasteiger partial charge in [-0.2, -0.15) is 10.2 Å². The molecule has 0 aliphatic rings.